The molecule has 1 aromatic rings. The summed E-state index contributed by atoms with van der Waals surface area (Å²) in [4.78, 5) is 15.3. The highest BCUT2D eigenvalue weighted by atomic mass is 16.1. The maximum absolute atomic E-state index is 11.0. The molecule has 1 saturated carbocycles. The summed E-state index contributed by atoms with van der Waals surface area (Å²) in [6, 6.07) is 3.48. The number of amides is 1. The molecule has 1 aliphatic rings. The number of aromatic nitrogens is 1. The first kappa shape index (κ1) is 13.8. The SMILES string of the molecule is CC1CCCC(CN)(Nc2ccc(C(N)=O)cn2)C1. The monoisotopic (exact) mass is 262 g/mol. The number of anilines is 1. The Balaban J connectivity index is 2.11. The molecule has 1 aromatic heterocycles. The van der Waals surface area contributed by atoms with E-state index in [0.29, 0.717) is 18.0 Å². The van der Waals surface area contributed by atoms with Gasteiger partial charge >= 0.3 is 0 Å². The molecule has 2 atom stereocenters. The Bertz CT molecular complexity index is 445. The van der Waals surface area contributed by atoms with E-state index < -0.39 is 5.91 Å². The van der Waals surface area contributed by atoms with Gasteiger partial charge in [0, 0.05) is 12.7 Å². The van der Waals surface area contributed by atoms with Gasteiger partial charge < -0.3 is 16.8 Å². The van der Waals surface area contributed by atoms with Crippen LogP contribution in [0.2, 0.25) is 0 Å². The van der Waals surface area contributed by atoms with Crippen LogP contribution in [0.25, 0.3) is 0 Å². The van der Waals surface area contributed by atoms with E-state index in [9.17, 15) is 4.79 Å². The Labute approximate surface area is 113 Å². The van der Waals surface area contributed by atoms with Crippen molar-refractivity contribution in [3.63, 3.8) is 0 Å². The van der Waals surface area contributed by atoms with E-state index >= 15 is 0 Å². The average molecular weight is 262 g/mol. The minimum atomic E-state index is -0.459. The second-order valence-corrected chi connectivity index (χ2v) is 5.61. The number of nitrogens with zero attached hydrogens (tertiary/aromatic N) is 1. The van der Waals surface area contributed by atoms with Gasteiger partial charge in [-0.2, -0.15) is 0 Å². The highest BCUT2D eigenvalue weighted by Gasteiger charge is 2.33. The van der Waals surface area contributed by atoms with E-state index in [1.807, 2.05) is 0 Å². The molecule has 104 valence electrons. The van der Waals surface area contributed by atoms with Crippen molar-refractivity contribution >= 4 is 11.7 Å². The first-order valence-electron chi connectivity index (χ1n) is 6.79. The summed E-state index contributed by atoms with van der Waals surface area (Å²) in [5, 5.41) is 3.45. The Morgan fingerprint density at radius 2 is 2.37 bits per heavy atom. The zero-order valence-corrected chi connectivity index (χ0v) is 11.4. The van der Waals surface area contributed by atoms with Crippen molar-refractivity contribution in [3.8, 4) is 0 Å². The van der Waals surface area contributed by atoms with Gasteiger partial charge in [-0.05, 0) is 30.9 Å². The van der Waals surface area contributed by atoms with Gasteiger partial charge in [0.15, 0.2) is 0 Å². The molecule has 5 nitrogen and oxygen atoms in total. The molecule has 1 fully saturated rings. The molecule has 19 heavy (non-hydrogen) atoms. The summed E-state index contributed by atoms with van der Waals surface area (Å²) in [5.41, 5.74) is 11.5. The lowest BCUT2D eigenvalue weighted by atomic mass is 9.76. The third-order valence-corrected chi connectivity index (χ3v) is 3.92. The van der Waals surface area contributed by atoms with Crippen molar-refractivity contribution in [1.29, 1.82) is 0 Å². The molecule has 1 heterocycles. The summed E-state index contributed by atoms with van der Waals surface area (Å²) >= 11 is 0. The lowest BCUT2D eigenvalue weighted by Gasteiger charge is -2.40. The van der Waals surface area contributed by atoms with Crippen LogP contribution in [0.1, 0.15) is 43.0 Å². The second kappa shape index (κ2) is 5.57. The van der Waals surface area contributed by atoms with Gasteiger partial charge in [-0.3, -0.25) is 4.79 Å². The predicted molar refractivity (Wildman–Crippen MR) is 75.8 cm³/mol. The molecule has 2 rings (SSSR count). The Hall–Kier alpha value is -1.62. The van der Waals surface area contributed by atoms with Gasteiger partial charge in [-0.15, -0.1) is 0 Å². The molecule has 0 saturated heterocycles. The van der Waals surface area contributed by atoms with E-state index in [-0.39, 0.29) is 5.54 Å². The first-order valence-corrected chi connectivity index (χ1v) is 6.79. The van der Waals surface area contributed by atoms with E-state index in [1.165, 1.54) is 19.0 Å². The van der Waals surface area contributed by atoms with E-state index in [1.54, 1.807) is 12.1 Å². The second-order valence-electron chi connectivity index (χ2n) is 5.61. The topological polar surface area (TPSA) is 94.0 Å². The summed E-state index contributed by atoms with van der Waals surface area (Å²) in [7, 11) is 0. The van der Waals surface area contributed by atoms with Gasteiger partial charge in [-0.1, -0.05) is 19.8 Å². The molecule has 5 N–H and O–H groups in total. The number of primary amides is 1. The van der Waals surface area contributed by atoms with Gasteiger partial charge in [0.05, 0.1) is 11.1 Å². The molecule has 0 aromatic carbocycles. The standard InChI is InChI=1S/C14H22N4O/c1-10-3-2-6-14(7-10,9-15)18-12-5-4-11(8-17-12)13(16)19/h4-5,8,10H,2-3,6-7,9,15H2,1H3,(H2,16,19)(H,17,18). The number of hydrogen-bond acceptors (Lipinski definition) is 4. The summed E-state index contributed by atoms with van der Waals surface area (Å²) < 4.78 is 0. The van der Waals surface area contributed by atoms with Crippen molar-refractivity contribution in [3.05, 3.63) is 23.9 Å². The zero-order valence-electron chi connectivity index (χ0n) is 11.4. The van der Waals surface area contributed by atoms with Crippen molar-refractivity contribution in [2.75, 3.05) is 11.9 Å². The molecule has 0 bridgehead atoms. The maximum atomic E-state index is 11.0. The molecule has 1 aliphatic carbocycles. The Kier molecular flexibility index (Phi) is 4.04. The quantitative estimate of drug-likeness (QED) is 0.766. The van der Waals surface area contributed by atoms with Crippen LogP contribution in [0.4, 0.5) is 5.82 Å². The number of nitrogens with one attached hydrogen (secondary N) is 1. The number of carbonyl (C=O) groups is 1. The van der Waals surface area contributed by atoms with Crippen LogP contribution >= 0.6 is 0 Å². The summed E-state index contributed by atoms with van der Waals surface area (Å²) in [6.45, 7) is 2.85. The Morgan fingerprint density at radius 3 is 2.89 bits per heavy atom. The summed E-state index contributed by atoms with van der Waals surface area (Å²) in [6.07, 6.45) is 6.07. The molecule has 2 unspecified atom stereocenters. The smallest absolute Gasteiger partial charge is 0.250 e. The fraction of sp³-hybridized carbons (Fsp3) is 0.571. The predicted octanol–water partition coefficient (Wildman–Crippen LogP) is 1.50. The first-order chi connectivity index (χ1) is 9.04. The largest absolute Gasteiger partial charge is 0.366 e. The van der Waals surface area contributed by atoms with E-state index in [4.69, 9.17) is 11.5 Å². The average Bonchev–Trinajstić information content (AvgIpc) is 2.39. The maximum Gasteiger partial charge on any atom is 0.250 e. The number of hydrogen-bond donors (Lipinski definition) is 3. The van der Waals surface area contributed by atoms with Crippen molar-refractivity contribution in [1.82, 2.24) is 4.98 Å². The van der Waals surface area contributed by atoms with Crippen LogP contribution in [0.15, 0.2) is 18.3 Å². The van der Waals surface area contributed by atoms with Crippen LogP contribution in [0.3, 0.4) is 0 Å². The summed E-state index contributed by atoms with van der Waals surface area (Å²) in [5.74, 6) is 0.970. The zero-order chi connectivity index (χ0) is 13.9. The van der Waals surface area contributed by atoms with Crippen LogP contribution in [0, 0.1) is 5.92 Å². The number of carbonyl (C=O) groups excluding carboxylic acids is 1. The fourth-order valence-corrected chi connectivity index (χ4v) is 2.90. The third kappa shape index (κ3) is 3.23. The van der Waals surface area contributed by atoms with Gasteiger partial charge in [0.1, 0.15) is 5.82 Å². The fourth-order valence-electron chi connectivity index (χ4n) is 2.90. The lowest BCUT2D eigenvalue weighted by molar-refractivity contribution is 0.1000. The van der Waals surface area contributed by atoms with Crippen LogP contribution in [-0.2, 0) is 0 Å². The number of pyridine rings is 1. The van der Waals surface area contributed by atoms with Crippen LogP contribution in [0.5, 0.6) is 0 Å². The van der Waals surface area contributed by atoms with Crippen molar-refractivity contribution in [2.45, 2.75) is 38.1 Å². The van der Waals surface area contributed by atoms with E-state index in [0.717, 1.165) is 18.7 Å². The van der Waals surface area contributed by atoms with Crippen LogP contribution < -0.4 is 16.8 Å². The molecular weight excluding hydrogens is 240 g/mol. The van der Waals surface area contributed by atoms with Gasteiger partial charge in [0.25, 0.3) is 0 Å². The van der Waals surface area contributed by atoms with Crippen LogP contribution in [-0.4, -0.2) is 23.0 Å². The third-order valence-electron chi connectivity index (χ3n) is 3.92. The minimum Gasteiger partial charge on any atom is -0.366 e. The number of nitrogens with two attached hydrogens (primary N) is 2. The molecule has 0 spiro atoms. The normalized spacial score (nSPS) is 26.9. The van der Waals surface area contributed by atoms with Crippen molar-refractivity contribution < 1.29 is 4.79 Å². The minimum absolute atomic E-state index is 0.0705. The lowest BCUT2D eigenvalue weighted by Crippen LogP contribution is -2.48. The molecule has 0 aliphatic heterocycles. The molecule has 1 amide bonds. The number of rotatable bonds is 4. The molecular formula is C14H22N4O. The van der Waals surface area contributed by atoms with E-state index in [2.05, 4.69) is 17.2 Å². The highest BCUT2D eigenvalue weighted by Crippen LogP contribution is 2.33. The van der Waals surface area contributed by atoms with Gasteiger partial charge in [-0.25, -0.2) is 4.98 Å². The molecule has 5 heteroatoms. The molecule has 0 radical (unpaired) electrons. The van der Waals surface area contributed by atoms with Crippen molar-refractivity contribution in [2.24, 2.45) is 17.4 Å². The highest BCUT2D eigenvalue weighted by molar-refractivity contribution is 5.92. The Morgan fingerprint density at radius 1 is 1.58 bits per heavy atom. The van der Waals surface area contributed by atoms with Gasteiger partial charge in [0.2, 0.25) is 5.91 Å².